The molecule has 1 fully saturated rings. The van der Waals surface area contributed by atoms with E-state index in [0.717, 1.165) is 47.3 Å². The Labute approximate surface area is 156 Å². The highest BCUT2D eigenvalue weighted by Crippen LogP contribution is 2.29. The van der Waals surface area contributed by atoms with E-state index < -0.39 is 0 Å². The molecule has 0 N–H and O–H groups in total. The lowest BCUT2D eigenvalue weighted by molar-refractivity contribution is 0.0835. The minimum Gasteiger partial charge on any atom is -0.368 e. The van der Waals surface area contributed by atoms with E-state index in [0.29, 0.717) is 18.3 Å². The van der Waals surface area contributed by atoms with Crippen LogP contribution in [0.5, 0.6) is 0 Å². The third-order valence-corrected chi connectivity index (χ3v) is 4.93. The number of aromatic nitrogens is 5. The second kappa shape index (κ2) is 6.59. The number of fused-ring (bicyclic) bond motifs is 1. The smallest absolute Gasteiger partial charge is 0.255 e. The van der Waals surface area contributed by atoms with Crippen LogP contribution in [0.4, 0.5) is 0 Å². The van der Waals surface area contributed by atoms with Gasteiger partial charge in [-0.2, -0.15) is 4.98 Å². The SMILES string of the molecule is Cc1ccc(-c2nccn2Cc2noc(C3CCCO3)n2)c2cccnc12. The predicted molar refractivity (Wildman–Crippen MR) is 99.0 cm³/mol. The first kappa shape index (κ1) is 16.1. The van der Waals surface area contributed by atoms with Crippen molar-refractivity contribution in [3.8, 4) is 11.4 Å². The molecule has 0 spiro atoms. The summed E-state index contributed by atoms with van der Waals surface area (Å²) in [6.45, 7) is 3.31. The van der Waals surface area contributed by atoms with Gasteiger partial charge in [-0.1, -0.05) is 23.4 Å². The highest BCUT2D eigenvalue weighted by Gasteiger charge is 2.24. The first-order chi connectivity index (χ1) is 13.3. The maximum atomic E-state index is 5.62. The van der Waals surface area contributed by atoms with E-state index in [4.69, 9.17) is 9.26 Å². The van der Waals surface area contributed by atoms with Gasteiger partial charge in [-0.05, 0) is 31.4 Å². The molecule has 7 heteroatoms. The highest BCUT2D eigenvalue weighted by molar-refractivity contribution is 5.94. The number of ether oxygens (including phenoxy) is 1. The van der Waals surface area contributed by atoms with Gasteiger partial charge in [-0.3, -0.25) is 4.98 Å². The van der Waals surface area contributed by atoms with Crippen molar-refractivity contribution in [1.29, 1.82) is 0 Å². The van der Waals surface area contributed by atoms with Gasteiger partial charge in [0.05, 0.1) is 12.1 Å². The van der Waals surface area contributed by atoms with E-state index in [9.17, 15) is 0 Å². The number of benzene rings is 1. The Morgan fingerprint density at radius 2 is 2.15 bits per heavy atom. The van der Waals surface area contributed by atoms with Gasteiger partial charge in [0.15, 0.2) is 5.82 Å². The molecule has 136 valence electrons. The Balaban J connectivity index is 1.49. The topological polar surface area (TPSA) is 78.9 Å². The summed E-state index contributed by atoms with van der Waals surface area (Å²) in [6.07, 6.45) is 7.43. The zero-order valence-corrected chi connectivity index (χ0v) is 15.0. The Bertz CT molecular complexity index is 1090. The number of aryl methyl sites for hydroxylation is 1. The van der Waals surface area contributed by atoms with Crippen molar-refractivity contribution in [1.82, 2.24) is 24.7 Å². The zero-order chi connectivity index (χ0) is 18.2. The van der Waals surface area contributed by atoms with Gasteiger partial charge in [0.25, 0.3) is 5.89 Å². The molecule has 0 aliphatic carbocycles. The second-order valence-corrected chi connectivity index (χ2v) is 6.76. The molecule has 7 nitrogen and oxygen atoms in total. The van der Waals surface area contributed by atoms with Crippen LogP contribution < -0.4 is 0 Å². The average molecular weight is 361 g/mol. The maximum absolute atomic E-state index is 5.62. The van der Waals surface area contributed by atoms with Crippen molar-refractivity contribution < 1.29 is 9.26 Å². The molecule has 1 atom stereocenters. The highest BCUT2D eigenvalue weighted by atomic mass is 16.5. The Morgan fingerprint density at radius 3 is 3.04 bits per heavy atom. The van der Waals surface area contributed by atoms with Crippen LogP contribution in [-0.4, -0.2) is 31.3 Å². The van der Waals surface area contributed by atoms with E-state index >= 15 is 0 Å². The summed E-state index contributed by atoms with van der Waals surface area (Å²) >= 11 is 0. The van der Waals surface area contributed by atoms with Crippen molar-refractivity contribution >= 4 is 10.9 Å². The van der Waals surface area contributed by atoms with Gasteiger partial charge < -0.3 is 13.8 Å². The third-order valence-electron chi connectivity index (χ3n) is 4.93. The molecule has 1 aromatic carbocycles. The van der Waals surface area contributed by atoms with Crippen molar-refractivity contribution in [3.63, 3.8) is 0 Å². The van der Waals surface area contributed by atoms with E-state index in [1.54, 1.807) is 6.20 Å². The van der Waals surface area contributed by atoms with Gasteiger partial charge in [-0.15, -0.1) is 0 Å². The Kier molecular flexibility index (Phi) is 3.94. The average Bonchev–Trinajstić information content (AvgIpc) is 3.44. The Hall–Kier alpha value is -3.06. The van der Waals surface area contributed by atoms with Crippen molar-refractivity contribution in [2.45, 2.75) is 32.4 Å². The van der Waals surface area contributed by atoms with Gasteiger partial charge in [0.2, 0.25) is 0 Å². The van der Waals surface area contributed by atoms with Crippen LogP contribution in [0.3, 0.4) is 0 Å². The molecule has 0 radical (unpaired) electrons. The number of nitrogens with zero attached hydrogens (tertiary/aromatic N) is 5. The molecule has 1 aliphatic rings. The lowest BCUT2D eigenvalue weighted by atomic mass is 10.0. The molecule has 0 bridgehead atoms. The second-order valence-electron chi connectivity index (χ2n) is 6.76. The normalized spacial score (nSPS) is 17.0. The van der Waals surface area contributed by atoms with E-state index in [1.807, 2.05) is 23.0 Å². The maximum Gasteiger partial charge on any atom is 0.255 e. The predicted octanol–water partition coefficient (Wildman–Crippen LogP) is 3.69. The first-order valence-electron chi connectivity index (χ1n) is 9.09. The van der Waals surface area contributed by atoms with Gasteiger partial charge in [0.1, 0.15) is 11.9 Å². The molecule has 0 saturated carbocycles. The van der Waals surface area contributed by atoms with Crippen LogP contribution >= 0.6 is 0 Å². The molecule has 1 aliphatic heterocycles. The summed E-state index contributed by atoms with van der Waals surface area (Å²) in [5.74, 6) is 2.04. The summed E-state index contributed by atoms with van der Waals surface area (Å²) in [4.78, 5) is 13.6. The zero-order valence-electron chi connectivity index (χ0n) is 15.0. The van der Waals surface area contributed by atoms with Crippen LogP contribution in [0.15, 0.2) is 47.4 Å². The summed E-state index contributed by atoms with van der Waals surface area (Å²) in [6, 6.07) is 8.19. The molecular formula is C20H19N5O2. The van der Waals surface area contributed by atoms with Crippen LogP contribution in [0.2, 0.25) is 0 Å². The van der Waals surface area contributed by atoms with Crippen molar-refractivity contribution in [2.24, 2.45) is 0 Å². The largest absolute Gasteiger partial charge is 0.368 e. The van der Waals surface area contributed by atoms with Crippen molar-refractivity contribution in [2.75, 3.05) is 6.61 Å². The first-order valence-corrected chi connectivity index (χ1v) is 9.09. The van der Waals surface area contributed by atoms with Gasteiger partial charge in [0, 0.05) is 36.1 Å². The number of pyridine rings is 1. The third kappa shape index (κ3) is 2.90. The van der Waals surface area contributed by atoms with Crippen LogP contribution in [0, 0.1) is 6.92 Å². The minimum absolute atomic E-state index is 0.0689. The number of imidazole rings is 1. The standard InChI is InChI=1S/C20H19N5O2/c1-13-6-7-15(14-4-2-8-21-18(13)14)19-22-9-10-25(19)12-17-23-20(27-24-17)16-5-3-11-26-16/h2,4,6-10,16H,3,5,11-12H2,1H3. The molecule has 4 aromatic rings. The monoisotopic (exact) mass is 361 g/mol. The van der Waals surface area contributed by atoms with E-state index in [1.165, 1.54) is 0 Å². The fourth-order valence-corrected chi connectivity index (χ4v) is 3.58. The molecule has 4 heterocycles. The fraction of sp³-hybridized carbons (Fsp3) is 0.300. The summed E-state index contributed by atoms with van der Waals surface area (Å²) in [5, 5.41) is 5.20. The molecule has 1 unspecified atom stereocenters. The van der Waals surface area contributed by atoms with Gasteiger partial charge in [-0.25, -0.2) is 4.98 Å². The lowest BCUT2D eigenvalue weighted by Gasteiger charge is -2.10. The number of hydrogen-bond acceptors (Lipinski definition) is 6. The molecule has 3 aromatic heterocycles. The van der Waals surface area contributed by atoms with Crippen LogP contribution in [0.1, 0.15) is 36.2 Å². The lowest BCUT2D eigenvalue weighted by Crippen LogP contribution is -2.04. The molecule has 27 heavy (non-hydrogen) atoms. The van der Waals surface area contributed by atoms with E-state index in [-0.39, 0.29) is 6.10 Å². The minimum atomic E-state index is -0.0689. The molecule has 5 rings (SSSR count). The van der Waals surface area contributed by atoms with E-state index in [2.05, 4.69) is 45.2 Å². The van der Waals surface area contributed by atoms with Gasteiger partial charge >= 0.3 is 0 Å². The molecule has 1 saturated heterocycles. The fourth-order valence-electron chi connectivity index (χ4n) is 3.58. The van der Waals surface area contributed by atoms with Crippen molar-refractivity contribution in [3.05, 3.63) is 60.1 Å². The molecule has 0 amide bonds. The summed E-state index contributed by atoms with van der Waals surface area (Å²) in [7, 11) is 0. The van der Waals surface area contributed by atoms with Crippen LogP contribution in [0.25, 0.3) is 22.3 Å². The number of rotatable bonds is 4. The molecular weight excluding hydrogens is 342 g/mol. The summed E-state index contributed by atoms with van der Waals surface area (Å²) in [5.41, 5.74) is 3.17. The Morgan fingerprint density at radius 1 is 1.19 bits per heavy atom. The number of hydrogen-bond donors (Lipinski definition) is 0. The quantitative estimate of drug-likeness (QED) is 0.552. The van der Waals surface area contributed by atoms with Crippen LogP contribution in [-0.2, 0) is 11.3 Å². The summed E-state index contributed by atoms with van der Waals surface area (Å²) < 4.78 is 13.0.